The molecule has 0 saturated carbocycles. The zero-order valence-electron chi connectivity index (χ0n) is 14.9. The maximum absolute atomic E-state index is 12.3. The number of hydrogen-bond donors (Lipinski definition) is 2. The van der Waals surface area contributed by atoms with Gasteiger partial charge in [0.15, 0.2) is 0 Å². The summed E-state index contributed by atoms with van der Waals surface area (Å²) in [6.07, 6.45) is 3.78. The van der Waals surface area contributed by atoms with Crippen molar-refractivity contribution in [2.45, 2.75) is 39.5 Å². The van der Waals surface area contributed by atoms with E-state index in [1.165, 1.54) is 0 Å². The van der Waals surface area contributed by atoms with Crippen molar-refractivity contribution in [2.75, 3.05) is 11.9 Å². The van der Waals surface area contributed by atoms with Gasteiger partial charge < -0.3 is 9.72 Å². The average molecular weight is 351 g/mol. The van der Waals surface area contributed by atoms with Gasteiger partial charge in [-0.05, 0) is 45.6 Å². The molecule has 0 atom stereocenters. The van der Waals surface area contributed by atoms with Gasteiger partial charge in [-0.3, -0.25) is 10.1 Å². The summed E-state index contributed by atoms with van der Waals surface area (Å²) in [5.74, 6) is 1.48. The van der Waals surface area contributed by atoms with Gasteiger partial charge >= 0.3 is 0 Å². The van der Waals surface area contributed by atoms with Gasteiger partial charge in [-0.25, -0.2) is 9.97 Å². The van der Waals surface area contributed by atoms with E-state index in [9.17, 15) is 4.79 Å². The van der Waals surface area contributed by atoms with E-state index in [1.54, 1.807) is 0 Å². The van der Waals surface area contributed by atoms with Crippen LogP contribution in [0.1, 0.15) is 36.7 Å². The number of ether oxygens (including phenoxy) is 1. The van der Waals surface area contributed by atoms with Crippen molar-refractivity contribution in [1.29, 1.82) is 0 Å². The van der Waals surface area contributed by atoms with Gasteiger partial charge in [-0.2, -0.15) is 4.98 Å². The third kappa shape index (κ3) is 3.00. The number of aromatic amines is 1. The first kappa shape index (κ1) is 16.5. The second-order valence-electron chi connectivity index (χ2n) is 6.40. The molecule has 2 N–H and O–H groups in total. The van der Waals surface area contributed by atoms with E-state index < -0.39 is 0 Å². The van der Waals surface area contributed by atoms with Crippen LogP contribution in [0.25, 0.3) is 10.9 Å². The van der Waals surface area contributed by atoms with Crippen LogP contribution in [0.2, 0.25) is 0 Å². The van der Waals surface area contributed by atoms with E-state index >= 15 is 0 Å². The van der Waals surface area contributed by atoms with Crippen LogP contribution >= 0.6 is 0 Å². The monoisotopic (exact) mass is 351 g/mol. The largest absolute Gasteiger partial charge is 0.492 e. The SMILES string of the molecule is CCOc1cccc2c(C)nc(Nc3nc(=O)c4c([nH]3)CCCC4)nc12. The van der Waals surface area contributed by atoms with E-state index in [1.807, 2.05) is 32.0 Å². The standard InChI is InChI=1S/C19H21N5O2/c1-3-26-15-10-6-8-12-11(2)20-18(22-16(12)15)24-19-21-14-9-5-4-7-13(14)17(25)23-19/h6,8,10H,3-5,7,9H2,1-2H3,(H2,20,21,22,23,24,25). The molecule has 3 aromatic rings. The van der Waals surface area contributed by atoms with Gasteiger partial charge in [0.05, 0.1) is 12.3 Å². The van der Waals surface area contributed by atoms with Crippen LogP contribution < -0.4 is 15.6 Å². The van der Waals surface area contributed by atoms with Crippen molar-refractivity contribution in [2.24, 2.45) is 0 Å². The van der Waals surface area contributed by atoms with Crippen molar-refractivity contribution < 1.29 is 4.74 Å². The number of rotatable bonds is 4. The molecule has 0 unspecified atom stereocenters. The van der Waals surface area contributed by atoms with Gasteiger partial charge in [0.1, 0.15) is 11.3 Å². The molecule has 2 aromatic heterocycles. The van der Waals surface area contributed by atoms with E-state index in [2.05, 4.69) is 25.3 Å². The fourth-order valence-corrected chi connectivity index (χ4v) is 3.39. The molecule has 134 valence electrons. The summed E-state index contributed by atoms with van der Waals surface area (Å²) in [7, 11) is 0. The highest BCUT2D eigenvalue weighted by atomic mass is 16.5. The van der Waals surface area contributed by atoms with Crippen LogP contribution in [0.15, 0.2) is 23.0 Å². The lowest BCUT2D eigenvalue weighted by molar-refractivity contribution is 0.343. The molecule has 0 aliphatic heterocycles. The molecule has 1 aromatic carbocycles. The Morgan fingerprint density at radius 3 is 2.88 bits per heavy atom. The zero-order chi connectivity index (χ0) is 18.1. The molecular formula is C19H21N5O2. The first-order chi connectivity index (χ1) is 12.7. The van der Waals surface area contributed by atoms with Crippen LogP contribution in [0, 0.1) is 6.92 Å². The number of nitrogens with one attached hydrogen (secondary N) is 2. The van der Waals surface area contributed by atoms with Gasteiger partial charge in [0.2, 0.25) is 11.9 Å². The number of para-hydroxylation sites is 1. The highest BCUT2D eigenvalue weighted by Crippen LogP contribution is 2.27. The summed E-state index contributed by atoms with van der Waals surface area (Å²) >= 11 is 0. The number of aromatic nitrogens is 4. The highest BCUT2D eigenvalue weighted by molar-refractivity contribution is 5.87. The topological polar surface area (TPSA) is 92.8 Å². The minimum Gasteiger partial charge on any atom is -0.492 e. The van der Waals surface area contributed by atoms with Gasteiger partial charge in [0.25, 0.3) is 5.56 Å². The summed E-state index contributed by atoms with van der Waals surface area (Å²) in [6.45, 7) is 4.42. The van der Waals surface area contributed by atoms with E-state index in [0.717, 1.165) is 53.5 Å². The number of H-pyrrole nitrogens is 1. The highest BCUT2D eigenvalue weighted by Gasteiger charge is 2.16. The first-order valence-electron chi connectivity index (χ1n) is 8.95. The molecule has 0 spiro atoms. The Labute approximate surface area is 150 Å². The smallest absolute Gasteiger partial charge is 0.277 e. The summed E-state index contributed by atoms with van der Waals surface area (Å²) in [5, 5.41) is 3.99. The van der Waals surface area contributed by atoms with E-state index in [0.29, 0.717) is 24.3 Å². The van der Waals surface area contributed by atoms with Crippen LogP contribution in [0.3, 0.4) is 0 Å². The fourth-order valence-electron chi connectivity index (χ4n) is 3.39. The van der Waals surface area contributed by atoms with Crippen molar-refractivity contribution in [3.63, 3.8) is 0 Å². The van der Waals surface area contributed by atoms with Crippen LogP contribution in [0.4, 0.5) is 11.9 Å². The maximum atomic E-state index is 12.3. The molecule has 0 saturated heterocycles. The molecule has 7 heteroatoms. The zero-order valence-corrected chi connectivity index (χ0v) is 14.9. The molecule has 2 heterocycles. The van der Waals surface area contributed by atoms with Crippen molar-refractivity contribution >= 4 is 22.8 Å². The predicted octanol–water partition coefficient (Wildman–Crippen LogP) is 3.04. The Hall–Kier alpha value is -2.96. The van der Waals surface area contributed by atoms with Crippen molar-refractivity contribution in [1.82, 2.24) is 19.9 Å². The Kier molecular flexibility index (Phi) is 4.28. The maximum Gasteiger partial charge on any atom is 0.277 e. The molecule has 4 rings (SSSR count). The molecule has 0 fully saturated rings. The van der Waals surface area contributed by atoms with Gasteiger partial charge in [-0.1, -0.05) is 12.1 Å². The minimum absolute atomic E-state index is 0.173. The third-order valence-electron chi connectivity index (χ3n) is 4.62. The van der Waals surface area contributed by atoms with Crippen molar-refractivity contribution in [3.05, 3.63) is 45.5 Å². The molecule has 0 radical (unpaired) electrons. The van der Waals surface area contributed by atoms with Crippen LogP contribution in [-0.4, -0.2) is 26.5 Å². The summed E-state index contributed by atoms with van der Waals surface area (Å²) in [5.41, 5.74) is 3.17. The summed E-state index contributed by atoms with van der Waals surface area (Å²) in [4.78, 5) is 28.7. The normalized spacial score (nSPS) is 13.5. The van der Waals surface area contributed by atoms with Gasteiger partial charge in [0, 0.05) is 16.6 Å². The minimum atomic E-state index is -0.173. The Morgan fingerprint density at radius 1 is 1.19 bits per heavy atom. The Bertz CT molecular complexity index is 1030. The van der Waals surface area contributed by atoms with Gasteiger partial charge in [-0.15, -0.1) is 0 Å². The number of hydrogen-bond acceptors (Lipinski definition) is 6. The summed E-state index contributed by atoms with van der Waals surface area (Å²) < 4.78 is 5.68. The predicted molar refractivity (Wildman–Crippen MR) is 100 cm³/mol. The molecule has 1 aliphatic rings. The Balaban J connectivity index is 1.75. The lowest BCUT2D eigenvalue weighted by atomic mass is 9.97. The average Bonchev–Trinajstić information content (AvgIpc) is 2.63. The molecule has 7 nitrogen and oxygen atoms in total. The molecule has 26 heavy (non-hydrogen) atoms. The lowest BCUT2D eigenvalue weighted by Crippen LogP contribution is -2.22. The van der Waals surface area contributed by atoms with E-state index in [-0.39, 0.29) is 5.56 Å². The molecule has 0 amide bonds. The molecule has 1 aliphatic carbocycles. The molecule has 0 bridgehead atoms. The second-order valence-corrected chi connectivity index (χ2v) is 6.40. The number of benzene rings is 1. The molecular weight excluding hydrogens is 330 g/mol. The number of aryl methyl sites for hydroxylation is 2. The quantitative estimate of drug-likeness (QED) is 0.750. The van der Waals surface area contributed by atoms with Crippen LogP contribution in [0.5, 0.6) is 5.75 Å². The second kappa shape index (κ2) is 6.74. The van der Waals surface area contributed by atoms with Crippen molar-refractivity contribution in [3.8, 4) is 5.75 Å². The Morgan fingerprint density at radius 2 is 2.04 bits per heavy atom. The number of anilines is 2. The van der Waals surface area contributed by atoms with Crippen LogP contribution in [-0.2, 0) is 12.8 Å². The first-order valence-corrected chi connectivity index (χ1v) is 8.95. The lowest BCUT2D eigenvalue weighted by Gasteiger charge is -2.16. The third-order valence-corrected chi connectivity index (χ3v) is 4.62. The fraction of sp³-hybridized carbons (Fsp3) is 0.368. The number of nitrogens with zero attached hydrogens (tertiary/aromatic N) is 3. The summed E-state index contributed by atoms with van der Waals surface area (Å²) in [6, 6.07) is 5.79. The number of fused-ring (bicyclic) bond motifs is 2. The van der Waals surface area contributed by atoms with E-state index in [4.69, 9.17) is 4.74 Å².